The summed E-state index contributed by atoms with van der Waals surface area (Å²) < 4.78 is 0. The highest BCUT2D eigenvalue weighted by atomic mass is 16.4. The van der Waals surface area contributed by atoms with E-state index in [0.717, 1.165) is 11.6 Å². The van der Waals surface area contributed by atoms with Gasteiger partial charge in [0.1, 0.15) is 0 Å². The molecule has 1 N–H and O–H groups in total. The Bertz CT molecular complexity index is 377. The number of carboxylic acids is 1. The highest BCUT2D eigenvalue weighted by molar-refractivity contribution is 5.91. The number of carbonyl (C=O) groups excluding carboxylic acids is 1. The Morgan fingerprint density at radius 1 is 1.25 bits per heavy atom. The number of benzene rings is 1. The number of ketones is 1. The van der Waals surface area contributed by atoms with Crippen LogP contribution in [0.3, 0.4) is 0 Å². The summed E-state index contributed by atoms with van der Waals surface area (Å²) in [5.41, 5.74) is 1.06. The van der Waals surface area contributed by atoms with Crippen molar-refractivity contribution in [3.63, 3.8) is 0 Å². The fourth-order valence-electron chi connectivity index (χ4n) is 0.778. The molecular formula is C13H14O3. The summed E-state index contributed by atoms with van der Waals surface area (Å²) >= 11 is 0. The Morgan fingerprint density at radius 3 is 2.12 bits per heavy atom. The lowest BCUT2D eigenvalue weighted by atomic mass is 10.2. The van der Waals surface area contributed by atoms with Crippen molar-refractivity contribution in [3.05, 3.63) is 54.6 Å². The van der Waals surface area contributed by atoms with E-state index >= 15 is 0 Å². The second-order valence-electron chi connectivity index (χ2n) is 2.90. The lowest BCUT2D eigenvalue weighted by molar-refractivity contribution is -0.131. The molecule has 0 aliphatic rings. The van der Waals surface area contributed by atoms with E-state index in [1.54, 1.807) is 13.0 Å². The summed E-state index contributed by atoms with van der Waals surface area (Å²) in [7, 11) is 0. The van der Waals surface area contributed by atoms with Crippen molar-refractivity contribution in [2.24, 2.45) is 0 Å². The van der Waals surface area contributed by atoms with Gasteiger partial charge in [-0.05, 0) is 18.6 Å². The first-order chi connectivity index (χ1) is 7.56. The van der Waals surface area contributed by atoms with Crippen LogP contribution in [0.5, 0.6) is 0 Å². The van der Waals surface area contributed by atoms with Crippen LogP contribution in [-0.2, 0) is 9.59 Å². The van der Waals surface area contributed by atoms with E-state index in [0.29, 0.717) is 0 Å². The zero-order valence-electron chi connectivity index (χ0n) is 9.09. The van der Waals surface area contributed by atoms with E-state index in [4.69, 9.17) is 5.11 Å². The highest BCUT2D eigenvalue weighted by Gasteiger charge is 1.83. The molecule has 0 aromatic heterocycles. The van der Waals surface area contributed by atoms with Gasteiger partial charge in [0.25, 0.3) is 0 Å². The smallest absolute Gasteiger partial charge is 0.327 e. The normalized spacial score (nSPS) is 9.06. The maximum absolute atomic E-state index is 10.5. The van der Waals surface area contributed by atoms with Crippen LogP contribution < -0.4 is 0 Å². The average molecular weight is 218 g/mol. The second-order valence-corrected chi connectivity index (χ2v) is 2.90. The van der Waals surface area contributed by atoms with Crippen molar-refractivity contribution in [2.75, 3.05) is 0 Å². The third kappa shape index (κ3) is 8.44. The van der Waals surface area contributed by atoms with Crippen LogP contribution in [0.1, 0.15) is 12.5 Å². The quantitative estimate of drug-likeness (QED) is 0.793. The van der Waals surface area contributed by atoms with E-state index in [2.05, 4.69) is 6.58 Å². The minimum absolute atomic E-state index is 0.0776. The van der Waals surface area contributed by atoms with Gasteiger partial charge in [-0.15, -0.1) is 0 Å². The van der Waals surface area contributed by atoms with Gasteiger partial charge in [-0.1, -0.05) is 43.0 Å². The molecule has 0 atom stereocenters. The number of hydrogen-bond donors (Lipinski definition) is 1. The van der Waals surface area contributed by atoms with Crippen LogP contribution in [0.25, 0.3) is 6.08 Å². The minimum Gasteiger partial charge on any atom is -0.478 e. The SMILES string of the molecule is C=CC(=O)O.CC(=O)C=Cc1ccccc1. The molecule has 0 aliphatic heterocycles. The Labute approximate surface area is 94.7 Å². The molecule has 1 aromatic rings. The molecule has 0 bridgehead atoms. The largest absolute Gasteiger partial charge is 0.478 e. The van der Waals surface area contributed by atoms with Gasteiger partial charge in [-0.3, -0.25) is 4.79 Å². The van der Waals surface area contributed by atoms with E-state index < -0.39 is 5.97 Å². The summed E-state index contributed by atoms with van der Waals surface area (Å²) in [4.78, 5) is 19.8. The number of allylic oxidation sites excluding steroid dienone is 1. The Hall–Kier alpha value is -2.16. The first-order valence-corrected chi connectivity index (χ1v) is 4.65. The molecule has 1 rings (SSSR count). The maximum Gasteiger partial charge on any atom is 0.327 e. The van der Waals surface area contributed by atoms with Gasteiger partial charge in [-0.25, -0.2) is 4.79 Å². The topological polar surface area (TPSA) is 54.4 Å². The number of rotatable bonds is 3. The number of aliphatic carboxylic acids is 1. The lowest BCUT2D eigenvalue weighted by Gasteiger charge is -1.88. The fourth-order valence-corrected chi connectivity index (χ4v) is 0.778. The van der Waals surface area contributed by atoms with Crippen molar-refractivity contribution < 1.29 is 14.7 Å². The molecule has 3 heteroatoms. The molecule has 1 aromatic carbocycles. The molecule has 0 fully saturated rings. The van der Waals surface area contributed by atoms with Crippen LogP contribution in [0.4, 0.5) is 0 Å². The molecule has 0 aliphatic carbocycles. The Kier molecular flexibility index (Phi) is 7.07. The molecule has 0 heterocycles. The van der Waals surface area contributed by atoms with E-state index in [-0.39, 0.29) is 5.78 Å². The number of carboxylic acid groups (broad SMARTS) is 1. The van der Waals surface area contributed by atoms with Gasteiger partial charge >= 0.3 is 5.97 Å². The molecule has 0 saturated carbocycles. The number of carbonyl (C=O) groups is 2. The third-order valence-corrected chi connectivity index (χ3v) is 1.48. The van der Waals surface area contributed by atoms with Crippen molar-refractivity contribution in [2.45, 2.75) is 6.92 Å². The molecule has 3 nitrogen and oxygen atoms in total. The van der Waals surface area contributed by atoms with Gasteiger partial charge in [0.15, 0.2) is 5.78 Å². The average Bonchev–Trinajstić information content (AvgIpc) is 2.28. The highest BCUT2D eigenvalue weighted by Crippen LogP contribution is 2.00. The second kappa shape index (κ2) is 8.17. The van der Waals surface area contributed by atoms with Crippen molar-refractivity contribution in [1.82, 2.24) is 0 Å². The van der Waals surface area contributed by atoms with Crippen LogP contribution in [-0.4, -0.2) is 16.9 Å². The molecule has 84 valence electrons. The lowest BCUT2D eigenvalue weighted by Crippen LogP contribution is -1.82. The summed E-state index contributed by atoms with van der Waals surface area (Å²) in [5.74, 6) is -0.904. The Balaban J connectivity index is 0.000000385. The van der Waals surface area contributed by atoms with Gasteiger partial charge in [0, 0.05) is 6.08 Å². The predicted octanol–water partition coefficient (Wildman–Crippen LogP) is 2.55. The first kappa shape index (κ1) is 13.8. The van der Waals surface area contributed by atoms with Crippen LogP contribution in [0, 0.1) is 0 Å². The third-order valence-electron chi connectivity index (χ3n) is 1.48. The zero-order valence-corrected chi connectivity index (χ0v) is 9.09. The van der Waals surface area contributed by atoms with Crippen LogP contribution in [0.15, 0.2) is 49.1 Å². The van der Waals surface area contributed by atoms with Gasteiger partial charge in [0.2, 0.25) is 0 Å². The number of hydrogen-bond acceptors (Lipinski definition) is 2. The van der Waals surface area contributed by atoms with E-state index in [1.807, 2.05) is 36.4 Å². The molecule has 0 saturated heterocycles. The van der Waals surface area contributed by atoms with Crippen molar-refractivity contribution in [3.8, 4) is 0 Å². The minimum atomic E-state index is -0.981. The van der Waals surface area contributed by atoms with Crippen LogP contribution >= 0.6 is 0 Å². The Morgan fingerprint density at radius 2 is 1.75 bits per heavy atom. The van der Waals surface area contributed by atoms with Gasteiger partial charge < -0.3 is 5.11 Å². The summed E-state index contributed by atoms with van der Waals surface area (Å²) in [6, 6.07) is 9.75. The van der Waals surface area contributed by atoms with Crippen molar-refractivity contribution in [1.29, 1.82) is 0 Å². The molecular weight excluding hydrogens is 204 g/mol. The molecule has 0 amide bonds. The molecule has 16 heavy (non-hydrogen) atoms. The van der Waals surface area contributed by atoms with E-state index in [9.17, 15) is 9.59 Å². The summed E-state index contributed by atoms with van der Waals surface area (Å²) in [5, 5.41) is 7.60. The monoisotopic (exact) mass is 218 g/mol. The zero-order chi connectivity index (χ0) is 12.4. The van der Waals surface area contributed by atoms with Crippen LogP contribution in [0.2, 0.25) is 0 Å². The predicted molar refractivity (Wildman–Crippen MR) is 64.0 cm³/mol. The molecule has 0 unspecified atom stereocenters. The molecule has 0 spiro atoms. The summed E-state index contributed by atoms with van der Waals surface area (Å²) in [6.45, 7) is 4.50. The fraction of sp³-hybridized carbons (Fsp3) is 0.0769. The maximum atomic E-state index is 10.5. The standard InChI is InChI=1S/C10H10O.C3H4O2/c1-9(11)7-8-10-5-3-2-4-6-10;1-2-3(4)5/h2-8H,1H3;2H,1H2,(H,4,5). The first-order valence-electron chi connectivity index (χ1n) is 4.65. The van der Waals surface area contributed by atoms with E-state index in [1.165, 1.54) is 0 Å². The van der Waals surface area contributed by atoms with Gasteiger partial charge in [0.05, 0.1) is 0 Å². The van der Waals surface area contributed by atoms with Gasteiger partial charge in [-0.2, -0.15) is 0 Å². The molecule has 0 radical (unpaired) electrons. The summed E-state index contributed by atoms with van der Waals surface area (Å²) in [6.07, 6.45) is 4.21. The van der Waals surface area contributed by atoms with Crippen molar-refractivity contribution >= 4 is 17.8 Å².